The first-order chi connectivity index (χ1) is 7.00. The Balaban J connectivity index is 2.69. The van der Waals surface area contributed by atoms with Crippen molar-refractivity contribution in [2.45, 2.75) is 19.9 Å². The number of nitrogens with zero attached hydrogens (tertiary/aromatic N) is 1. The van der Waals surface area contributed by atoms with Crippen molar-refractivity contribution in [1.29, 1.82) is 0 Å². The topological polar surface area (TPSA) is 79.3 Å². The zero-order valence-corrected chi connectivity index (χ0v) is 8.52. The number of carbonyl (C=O) groups excluding carboxylic acids is 1. The smallest absolute Gasteiger partial charge is 0.325 e. The summed E-state index contributed by atoms with van der Waals surface area (Å²) in [5.41, 5.74) is 1.16. The quantitative estimate of drug-likeness (QED) is 0.762. The molecular formula is C10H12N2O3. The lowest BCUT2D eigenvalue weighted by Gasteiger charge is -2.08. The van der Waals surface area contributed by atoms with Gasteiger partial charge < -0.3 is 10.4 Å². The van der Waals surface area contributed by atoms with E-state index in [0.717, 1.165) is 5.69 Å². The Labute approximate surface area is 87.1 Å². The van der Waals surface area contributed by atoms with E-state index in [1.165, 1.54) is 13.1 Å². The van der Waals surface area contributed by atoms with E-state index >= 15 is 0 Å². The highest BCUT2D eigenvalue weighted by Crippen LogP contribution is 1.99. The van der Waals surface area contributed by atoms with Gasteiger partial charge in [0.1, 0.15) is 6.04 Å². The van der Waals surface area contributed by atoms with Gasteiger partial charge in [-0.1, -0.05) is 0 Å². The number of carboxylic acids is 1. The predicted octanol–water partition coefficient (Wildman–Crippen LogP) is 0.593. The van der Waals surface area contributed by atoms with Crippen molar-refractivity contribution in [2.75, 3.05) is 0 Å². The van der Waals surface area contributed by atoms with Gasteiger partial charge in [0.05, 0.1) is 5.56 Å². The minimum absolute atomic E-state index is 0.355. The van der Waals surface area contributed by atoms with Gasteiger partial charge in [-0.05, 0) is 26.0 Å². The lowest BCUT2D eigenvalue weighted by atomic mass is 10.2. The molecule has 80 valence electrons. The van der Waals surface area contributed by atoms with Crippen LogP contribution in [0.2, 0.25) is 0 Å². The van der Waals surface area contributed by atoms with Crippen LogP contribution in [0.5, 0.6) is 0 Å². The van der Waals surface area contributed by atoms with E-state index in [9.17, 15) is 9.59 Å². The number of pyridine rings is 1. The van der Waals surface area contributed by atoms with Gasteiger partial charge in [-0.3, -0.25) is 14.6 Å². The SMILES string of the molecule is Cc1ccc(C(=O)N[C@H](C)C(=O)O)cn1. The van der Waals surface area contributed by atoms with Crippen LogP contribution in [0.3, 0.4) is 0 Å². The highest BCUT2D eigenvalue weighted by atomic mass is 16.4. The summed E-state index contributed by atoms with van der Waals surface area (Å²) >= 11 is 0. The largest absolute Gasteiger partial charge is 0.480 e. The summed E-state index contributed by atoms with van der Waals surface area (Å²) in [5.74, 6) is -1.50. The van der Waals surface area contributed by atoms with Crippen molar-refractivity contribution in [1.82, 2.24) is 10.3 Å². The second-order valence-corrected chi connectivity index (χ2v) is 3.22. The molecule has 0 aromatic carbocycles. The van der Waals surface area contributed by atoms with Gasteiger partial charge in [-0.25, -0.2) is 0 Å². The molecule has 1 aromatic heterocycles. The standard InChI is InChI=1S/C10H12N2O3/c1-6-3-4-8(5-11-6)9(13)12-7(2)10(14)15/h3-5,7H,1-2H3,(H,12,13)(H,14,15)/t7-/m1/s1. The Morgan fingerprint density at radius 2 is 2.13 bits per heavy atom. The molecule has 0 saturated carbocycles. The summed E-state index contributed by atoms with van der Waals surface area (Å²) in [4.78, 5) is 25.9. The number of amides is 1. The molecule has 0 bridgehead atoms. The molecule has 1 heterocycles. The van der Waals surface area contributed by atoms with Crippen LogP contribution in [0, 0.1) is 6.92 Å². The number of aryl methyl sites for hydroxylation is 1. The van der Waals surface area contributed by atoms with Crippen LogP contribution in [0.1, 0.15) is 23.0 Å². The Bertz CT molecular complexity index is 373. The zero-order valence-electron chi connectivity index (χ0n) is 8.52. The first-order valence-electron chi connectivity index (χ1n) is 4.47. The maximum absolute atomic E-state index is 11.5. The summed E-state index contributed by atoms with van der Waals surface area (Å²) in [7, 11) is 0. The minimum atomic E-state index is -1.07. The lowest BCUT2D eigenvalue weighted by Crippen LogP contribution is -2.38. The Morgan fingerprint density at radius 1 is 1.47 bits per heavy atom. The van der Waals surface area contributed by atoms with Crippen LogP contribution in [0.4, 0.5) is 0 Å². The van der Waals surface area contributed by atoms with E-state index < -0.39 is 17.9 Å². The second-order valence-electron chi connectivity index (χ2n) is 3.22. The van der Waals surface area contributed by atoms with Gasteiger partial charge >= 0.3 is 5.97 Å². The number of aliphatic carboxylic acids is 1. The summed E-state index contributed by atoms with van der Waals surface area (Å²) in [6.07, 6.45) is 1.42. The van der Waals surface area contributed by atoms with E-state index in [1.54, 1.807) is 12.1 Å². The molecule has 5 heteroatoms. The maximum atomic E-state index is 11.5. The second kappa shape index (κ2) is 4.54. The average Bonchev–Trinajstić information content (AvgIpc) is 2.18. The van der Waals surface area contributed by atoms with Gasteiger partial charge in [0.25, 0.3) is 5.91 Å². The van der Waals surface area contributed by atoms with Gasteiger partial charge in [0.2, 0.25) is 0 Å². The highest BCUT2D eigenvalue weighted by molar-refractivity contribution is 5.96. The fraction of sp³-hybridized carbons (Fsp3) is 0.300. The fourth-order valence-corrected chi connectivity index (χ4v) is 0.944. The third-order valence-electron chi connectivity index (χ3n) is 1.89. The molecule has 1 atom stereocenters. The fourth-order valence-electron chi connectivity index (χ4n) is 0.944. The molecule has 1 rings (SSSR count). The van der Waals surface area contributed by atoms with E-state index in [-0.39, 0.29) is 0 Å². The molecule has 0 saturated heterocycles. The molecule has 5 nitrogen and oxygen atoms in total. The summed E-state index contributed by atoms with van der Waals surface area (Å²) in [6, 6.07) is 2.39. The van der Waals surface area contributed by atoms with Crippen LogP contribution < -0.4 is 5.32 Å². The van der Waals surface area contributed by atoms with E-state index in [4.69, 9.17) is 5.11 Å². The van der Waals surface area contributed by atoms with Gasteiger partial charge in [-0.15, -0.1) is 0 Å². The van der Waals surface area contributed by atoms with Crippen molar-refractivity contribution in [3.05, 3.63) is 29.6 Å². The Morgan fingerprint density at radius 3 is 2.60 bits per heavy atom. The molecule has 0 radical (unpaired) electrons. The molecule has 0 aliphatic carbocycles. The number of rotatable bonds is 3. The monoisotopic (exact) mass is 208 g/mol. The van der Waals surface area contributed by atoms with Crippen LogP contribution in [0.25, 0.3) is 0 Å². The minimum Gasteiger partial charge on any atom is -0.480 e. The van der Waals surface area contributed by atoms with Crippen LogP contribution in [-0.2, 0) is 4.79 Å². The van der Waals surface area contributed by atoms with Crippen LogP contribution >= 0.6 is 0 Å². The third-order valence-corrected chi connectivity index (χ3v) is 1.89. The number of carbonyl (C=O) groups is 2. The molecular weight excluding hydrogens is 196 g/mol. The van der Waals surface area contributed by atoms with Gasteiger partial charge in [-0.2, -0.15) is 0 Å². The average molecular weight is 208 g/mol. The molecule has 15 heavy (non-hydrogen) atoms. The molecule has 1 amide bonds. The summed E-state index contributed by atoms with van der Waals surface area (Å²) < 4.78 is 0. The summed E-state index contributed by atoms with van der Waals surface area (Å²) in [5, 5.41) is 10.9. The number of nitrogens with one attached hydrogen (secondary N) is 1. The van der Waals surface area contributed by atoms with Crippen molar-refractivity contribution in [2.24, 2.45) is 0 Å². The van der Waals surface area contributed by atoms with E-state index in [2.05, 4.69) is 10.3 Å². The molecule has 0 unspecified atom stereocenters. The molecule has 0 aliphatic rings. The number of aromatic nitrogens is 1. The molecule has 0 aliphatic heterocycles. The normalized spacial score (nSPS) is 11.9. The van der Waals surface area contributed by atoms with Crippen molar-refractivity contribution in [3.63, 3.8) is 0 Å². The highest BCUT2D eigenvalue weighted by Gasteiger charge is 2.14. The van der Waals surface area contributed by atoms with Crippen LogP contribution in [-0.4, -0.2) is 28.0 Å². The molecule has 2 N–H and O–H groups in total. The Hall–Kier alpha value is -1.91. The predicted molar refractivity (Wildman–Crippen MR) is 53.5 cm³/mol. The maximum Gasteiger partial charge on any atom is 0.325 e. The van der Waals surface area contributed by atoms with Gasteiger partial charge in [0, 0.05) is 11.9 Å². The molecule has 0 spiro atoms. The van der Waals surface area contributed by atoms with E-state index in [1.807, 2.05) is 6.92 Å². The van der Waals surface area contributed by atoms with Crippen molar-refractivity contribution >= 4 is 11.9 Å². The number of hydrogen-bond donors (Lipinski definition) is 2. The molecule has 1 aromatic rings. The summed E-state index contributed by atoms with van der Waals surface area (Å²) in [6.45, 7) is 3.21. The third kappa shape index (κ3) is 3.05. The van der Waals surface area contributed by atoms with Crippen molar-refractivity contribution in [3.8, 4) is 0 Å². The number of hydrogen-bond acceptors (Lipinski definition) is 3. The zero-order chi connectivity index (χ0) is 11.4. The van der Waals surface area contributed by atoms with E-state index in [0.29, 0.717) is 5.56 Å². The Kier molecular flexibility index (Phi) is 3.38. The number of carboxylic acid groups (broad SMARTS) is 1. The first-order valence-corrected chi connectivity index (χ1v) is 4.47. The van der Waals surface area contributed by atoms with Gasteiger partial charge in [0.15, 0.2) is 0 Å². The lowest BCUT2D eigenvalue weighted by molar-refractivity contribution is -0.138. The van der Waals surface area contributed by atoms with Crippen LogP contribution in [0.15, 0.2) is 18.3 Å². The molecule has 0 fully saturated rings. The van der Waals surface area contributed by atoms with Crippen molar-refractivity contribution < 1.29 is 14.7 Å². The first kappa shape index (κ1) is 11.2.